The summed E-state index contributed by atoms with van der Waals surface area (Å²) < 4.78 is 36.2. The van der Waals surface area contributed by atoms with Crippen LogP contribution in [0.2, 0.25) is 0 Å². The van der Waals surface area contributed by atoms with Crippen molar-refractivity contribution >= 4 is 0 Å². The van der Waals surface area contributed by atoms with Gasteiger partial charge >= 0.3 is 6.18 Å². The van der Waals surface area contributed by atoms with E-state index in [1.54, 1.807) is 0 Å². The third-order valence-corrected chi connectivity index (χ3v) is 1.29. The molecule has 0 aromatic carbocycles. The maximum Gasteiger partial charge on any atom is 0.437 e. The van der Waals surface area contributed by atoms with Gasteiger partial charge in [0.05, 0.1) is 0 Å². The van der Waals surface area contributed by atoms with Crippen LogP contribution in [-0.2, 0) is 6.18 Å². The standard InChI is InChI=1S/C8H4F3NO/c1-2-5-3-4-6(13)7(12-5)8(9,10)11/h1,3-4,13H. The molecule has 0 unspecified atom stereocenters. The minimum absolute atomic E-state index is 0.162. The van der Waals surface area contributed by atoms with Gasteiger partial charge in [-0.2, -0.15) is 13.2 Å². The van der Waals surface area contributed by atoms with E-state index in [9.17, 15) is 13.2 Å². The third-order valence-electron chi connectivity index (χ3n) is 1.29. The zero-order valence-corrected chi connectivity index (χ0v) is 6.26. The number of hydrogen-bond acceptors (Lipinski definition) is 2. The van der Waals surface area contributed by atoms with E-state index in [-0.39, 0.29) is 5.69 Å². The first kappa shape index (κ1) is 9.39. The molecule has 0 saturated carbocycles. The lowest BCUT2D eigenvalue weighted by molar-refractivity contribution is -0.142. The smallest absolute Gasteiger partial charge is 0.437 e. The monoisotopic (exact) mass is 187 g/mol. The molecule has 1 heterocycles. The molecular formula is C8H4F3NO. The van der Waals surface area contributed by atoms with Crippen LogP contribution in [-0.4, -0.2) is 10.1 Å². The molecule has 0 atom stereocenters. The molecule has 0 saturated heterocycles. The van der Waals surface area contributed by atoms with Crippen LogP contribution >= 0.6 is 0 Å². The molecule has 0 radical (unpaired) electrons. The van der Waals surface area contributed by atoms with E-state index < -0.39 is 17.6 Å². The maximum atomic E-state index is 12.1. The lowest BCUT2D eigenvalue weighted by atomic mass is 10.3. The van der Waals surface area contributed by atoms with E-state index in [1.807, 2.05) is 5.92 Å². The van der Waals surface area contributed by atoms with Crippen molar-refractivity contribution in [3.8, 4) is 18.1 Å². The van der Waals surface area contributed by atoms with Crippen LogP contribution in [0, 0.1) is 12.3 Å². The van der Waals surface area contributed by atoms with E-state index in [1.165, 1.54) is 0 Å². The van der Waals surface area contributed by atoms with E-state index >= 15 is 0 Å². The van der Waals surface area contributed by atoms with E-state index in [2.05, 4.69) is 4.98 Å². The second-order valence-corrected chi connectivity index (χ2v) is 2.21. The summed E-state index contributed by atoms with van der Waals surface area (Å²) in [6.07, 6.45) is 0.167. The average Bonchev–Trinajstić information content (AvgIpc) is 2.03. The number of pyridine rings is 1. The van der Waals surface area contributed by atoms with Crippen molar-refractivity contribution in [2.75, 3.05) is 0 Å². The van der Waals surface area contributed by atoms with Crippen molar-refractivity contribution < 1.29 is 18.3 Å². The molecule has 2 nitrogen and oxygen atoms in total. The van der Waals surface area contributed by atoms with Crippen LogP contribution in [0.25, 0.3) is 0 Å². The molecule has 1 N–H and O–H groups in total. The summed E-state index contributed by atoms with van der Waals surface area (Å²) in [4.78, 5) is 3.05. The van der Waals surface area contributed by atoms with Gasteiger partial charge in [0.25, 0.3) is 0 Å². The number of alkyl halides is 3. The Hall–Kier alpha value is -1.70. The zero-order valence-electron chi connectivity index (χ0n) is 6.26. The van der Waals surface area contributed by atoms with Gasteiger partial charge in [-0.3, -0.25) is 0 Å². The summed E-state index contributed by atoms with van der Waals surface area (Å²) in [6, 6.07) is 2.00. The molecule has 1 aromatic heterocycles. The van der Waals surface area contributed by atoms with Crippen molar-refractivity contribution in [3.63, 3.8) is 0 Å². The van der Waals surface area contributed by atoms with Crippen molar-refractivity contribution in [1.82, 2.24) is 4.98 Å². The number of halogens is 3. The highest BCUT2D eigenvalue weighted by molar-refractivity contribution is 5.35. The van der Waals surface area contributed by atoms with Crippen LogP contribution in [0.5, 0.6) is 5.75 Å². The molecule has 0 aliphatic carbocycles. The molecular weight excluding hydrogens is 183 g/mol. The fourth-order valence-electron chi connectivity index (χ4n) is 0.741. The molecule has 0 aliphatic heterocycles. The van der Waals surface area contributed by atoms with Gasteiger partial charge < -0.3 is 5.11 Å². The van der Waals surface area contributed by atoms with E-state index in [0.29, 0.717) is 0 Å². The van der Waals surface area contributed by atoms with Gasteiger partial charge in [0, 0.05) is 0 Å². The number of nitrogens with zero attached hydrogens (tertiary/aromatic N) is 1. The van der Waals surface area contributed by atoms with E-state index in [0.717, 1.165) is 12.1 Å². The van der Waals surface area contributed by atoms with Crippen molar-refractivity contribution in [1.29, 1.82) is 0 Å². The minimum Gasteiger partial charge on any atom is -0.506 e. The Bertz CT molecular complexity index is 365. The quantitative estimate of drug-likeness (QED) is 0.628. The number of aromatic nitrogens is 1. The van der Waals surface area contributed by atoms with Gasteiger partial charge in [-0.1, -0.05) is 5.92 Å². The second kappa shape index (κ2) is 2.98. The Labute approximate surface area is 72.0 Å². The summed E-state index contributed by atoms with van der Waals surface area (Å²) >= 11 is 0. The van der Waals surface area contributed by atoms with Gasteiger partial charge in [0.1, 0.15) is 11.4 Å². The highest BCUT2D eigenvalue weighted by atomic mass is 19.4. The predicted molar refractivity (Wildman–Crippen MR) is 38.8 cm³/mol. The Morgan fingerprint density at radius 2 is 2.00 bits per heavy atom. The van der Waals surface area contributed by atoms with Gasteiger partial charge in [-0.05, 0) is 12.1 Å². The summed E-state index contributed by atoms with van der Waals surface area (Å²) in [6.45, 7) is 0. The Morgan fingerprint density at radius 1 is 1.38 bits per heavy atom. The average molecular weight is 187 g/mol. The number of rotatable bonds is 0. The highest BCUT2D eigenvalue weighted by Crippen LogP contribution is 2.33. The molecule has 0 amide bonds. The largest absolute Gasteiger partial charge is 0.506 e. The zero-order chi connectivity index (χ0) is 10.1. The minimum atomic E-state index is -4.68. The number of aromatic hydroxyl groups is 1. The summed E-state index contributed by atoms with van der Waals surface area (Å²) in [5.41, 5.74) is -1.52. The maximum absolute atomic E-state index is 12.1. The molecule has 0 spiro atoms. The van der Waals surface area contributed by atoms with Crippen LogP contribution in [0.4, 0.5) is 13.2 Å². The van der Waals surface area contributed by atoms with Gasteiger partial charge in [0.2, 0.25) is 0 Å². The Balaban J connectivity index is 3.29. The SMILES string of the molecule is C#Cc1ccc(O)c(C(F)(F)F)n1. The van der Waals surface area contributed by atoms with Gasteiger partial charge in [0.15, 0.2) is 5.69 Å². The van der Waals surface area contributed by atoms with Crippen LogP contribution in [0.1, 0.15) is 11.4 Å². The second-order valence-electron chi connectivity index (χ2n) is 2.21. The first-order valence-electron chi connectivity index (χ1n) is 3.19. The molecule has 13 heavy (non-hydrogen) atoms. The summed E-state index contributed by atoms with van der Waals surface area (Å²) in [5, 5.41) is 8.82. The summed E-state index contributed by atoms with van der Waals surface area (Å²) in [5.74, 6) is 1.02. The number of terminal acetylenes is 1. The van der Waals surface area contributed by atoms with Crippen LogP contribution in [0.3, 0.4) is 0 Å². The molecule has 1 rings (SSSR count). The van der Waals surface area contributed by atoms with Crippen molar-refractivity contribution in [2.24, 2.45) is 0 Å². The van der Waals surface area contributed by atoms with Gasteiger partial charge in [-0.15, -0.1) is 6.42 Å². The third kappa shape index (κ3) is 1.90. The van der Waals surface area contributed by atoms with Gasteiger partial charge in [-0.25, -0.2) is 4.98 Å². The molecule has 0 bridgehead atoms. The molecule has 5 heteroatoms. The fraction of sp³-hybridized carbons (Fsp3) is 0.125. The normalized spacial score (nSPS) is 10.9. The summed E-state index contributed by atoms with van der Waals surface area (Å²) in [7, 11) is 0. The molecule has 1 aromatic rings. The van der Waals surface area contributed by atoms with E-state index in [4.69, 9.17) is 11.5 Å². The lowest BCUT2D eigenvalue weighted by Crippen LogP contribution is -2.08. The topological polar surface area (TPSA) is 33.1 Å². The molecule has 0 fully saturated rings. The van der Waals surface area contributed by atoms with Crippen LogP contribution < -0.4 is 0 Å². The Kier molecular flexibility index (Phi) is 2.15. The first-order valence-corrected chi connectivity index (χ1v) is 3.19. The lowest BCUT2D eigenvalue weighted by Gasteiger charge is -2.07. The fourth-order valence-corrected chi connectivity index (χ4v) is 0.741. The molecule has 68 valence electrons. The first-order chi connectivity index (χ1) is 5.95. The predicted octanol–water partition coefficient (Wildman–Crippen LogP) is 1.79. The Morgan fingerprint density at radius 3 is 2.46 bits per heavy atom. The highest BCUT2D eigenvalue weighted by Gasteiger charge is 2.36. The van der Waals surface area contributed by atoms with Crippen molar-refractivity contribution in [3.05, 3.63) is 23.5 Å². The molecule has 0 aliphatic rings. The van der Waals surface area contributed by atoms with Crippen LogP contribution in [0.15, 0.2) is 12.1 Å². The number of hydrogen-bond donors (Lipinski definition) is 1. The van der Waals surface area contributed by atoms with Crippen molar-refractivity contribution in [2.45, 2.75) is 6.18 Å².